The van der Waals surface area contributed by atoms with Gasteiger partial charge in [0.1, 0.15) is 24.6 Å². The number of benzene rings is 3. The number of ether oxygens (including phenoxy) is 1. The molecule has 3 aromatic carbocycles. The van der Waals surface area contributed by atoms with Gasteiger partial charge in [-0.3, -0.25) is 9.59 Å². The van der Waals surface area contributed by atoms with Crippen molar-refractivity contribution in [2.75, 3.05) is 11.9 Å². The van der Waals surface area contributed by atoms with Crippen LogP contribution in [0, 0.1) is 0 Å². The number of hydrogen-bond acceptors (Lipinski definition) is 6. The van der Waals surface area contributed by atoms with Gasteiger partial charge in [0.25, 0.3) is 5.91 Å². The Balaban J connectivity index is 1.26. The third kappa shape index (κ3) is 5.73. The summed E-state index contributed by atoms with van der Waals surface area (Å²) in [7, 11) is 0. The number of hydrogen-bond donors (Lipinski definition) is 2. The molecule has 2 amide bonds. The smallest absolute Gasteiger partial charge is 0.254 e. The minimum Gasteiger partial charge on any atom is -0.487 e. The van der Waals surface area contributed by atoms with Crippen molar-refractivity contribution in [3.05, 3.63) is 107 Å². The van der Waals surface area contributed by atoms with Gasteiger partial charge < -0.3 is 20.1 Å². The molecule has 0 aliphatic carbocycles. The van der Waals surface area contributed by atoms with Crippen molar-refractivity contribution in [3.8, 4) is 5.75 Å². The molecule has 1 atom stereocenters. The number of aliphatic hydroxyl groups is 1. The Kier molecular flexibility index (Phi) is 7.46. The maximum Gasteiger partial charge on any atom is 0.254 e. The molecule has 9 nitrogen and oxygen atoms in total. The summed E-state index contributed by atoms with van der Waals surface area (Å²) in [5, 5.41) is 21.2. The maximum atomic E-state index is 13.5. The van der Waals surface area contributed by atoms with Gasteiger partial charge in [-0.2, -0.15) is 0 Å². The van der Waals surface area contributed by atoms with Crippen LogP contribution in [0.25, 0.3) is 0 Å². The molecule has 1 aromatic heterocycles. The van der Waals surface area contributed by atoms with Gasteiger partial charge in [-0.1, -0.05) is 60.7 Å². The van der Waals surface area contributed by atoms with Crippen molar-refractivity contribution in [2.24, 2.45) is 0 Å². The predicted octanol–water partition coefficient (Wildman–Crippen LogP) is 3.94. The average molecular weight is 512 g/mol. The highest BCUT2D eigenvalue weighted by Crippen LogP contribution is 2.23. The minimum atomic E-state index is -0.481. The molecule has 5 rings (SSSR count). The molecule has 0 spiro atoms. The second-order valence-corrected chi connectivity index (χ2v) is 9.21. The number of carbonyl (C=O) groups is 2. The lowest BCUT2D eigenvalue weighted by atomic mass is 10.1. The van der Waals surface area contributed by atoms with E-state index in [0.29, 0.717) is 36.5 Å². The number of nitrogens with one attached hydrogen (secondary N) is 1. The van der Waals surface area contributed by atoms with Crippen LogP contribution < -0.4 is 10.1 Å². The van der Waals surface area contributed by atoms with Crippen LogP contribution in [0.15, 0.2) is 79.0 Å². The van der Waals surface area contributed by atoms with Crippen LogP contribution in [0.3, 0.4) is 0 Å². The number of amides is 2. The average Bonchev–Trinajstić information content (AvgIpc) is 3.31. The molecular weight excluding hydrogens is 482 g/mol. The molecule has 1 aliphatic heterocycles. The van der Waals surface area contributed by atoms with E-state index in [0.717, 1.165) is 22.4 Å². The molecule has 2 N–H and O–H groups in total. The highest BCUT2D eigenvalue weighted by molar-refractivity contribution is 6.01. The molecule has 1 unspecified atom stereocenters. The topological polar surface area (TPSA) is 110 Å². The first kappa shape index (κ1) is 25.2. The molecule has 4 aromatic rings. The lowest BCUT2D eigenvalue weighted by Gasteiger charge is -2.21. The van der Waals surface area contributed by atoms with Crippen LogP contribution in [0.2, 0.25) is 0 Å². The van der Waals surface area contributed by atoms with Crippen molar-refractivity contribution in [2.45, 2.75) is 39.1 Å². The Morgan fingerprint density at radius 3 is 2.63 bits per heavy atom. The lowest BCUT2D eigenvalue weighted by Crippen LogP contribution is -2.35. The van der Waals surface area contributed by atoms with E-state index in [-0.39, 0.29) is 25.0 Å². The van der Waals surface area contributed by atoms with Gasteiger partial charge in [0, 0.05) is 17.8 Å². The lowest BCUT2D eigenvalue weighted by molar-refractivity contribution is -0.116. The molecule has 0 saturated carbocycles. The van der Waals surface area contributed by atoms with E-state index in [9.17, 15) is 14.7 Å². The quantitative estimate of drug-likeness (QED) is 0.371. The van der Waals surface area contributed by atoms with Crippen molar-refractivity contribution in [3.63, 3.8) is 0 Å². The number of fused-ring (bicyclic) bond motifs is 1. The first-order valence-corrected chi connectivity index (χ1v) is 12.5. The molecule has 1 aliphatic rings. The van der Waals surface area contributed by atoms with Gasteiger partial charge in [0.15, 0.2) is 0 Å². The highest BCUT2D eigenvalue weighted by Gasteiger charge is 2.25. The Morgan fingerprint density at radius 1 is 1.05 bits per heavy atom. The van der Waals surface area contributed by atoms with Crippen LogP contribution in [-0.4, -0.2) is 43.4 Å². The Morgan fingerprint density at radius 2 is 1.82 bits per heavy atom. The van der Waals surface area contributed by atoms with E-state index < -0.39 is 6.10 Å². The SMILES string of the molecule is CCC(O)c1ccc(OCc2cn(Cc3ccccc3C(=O)N3CC(=O)Nc4ccccc4C3)nn2)cc1. The Hall–Kier alpha value is -4.50. The largest absolute Gasteiger partial charge is 0.487 e. The summed E-state index contributed by atoms with van der Waals surface area (Å²) >= 11 is 0. The normalized spacial score (nSPS) is 13.8. The molecule has 0 fully saturated rings. The van der Waals surface area contributed by atoms with Crippen molar-refractivity contribution >= 4 is 17.5 Å². The number of anilines is 1. The molecule has 2 heterocycles. The van der Waals surface area contributed by atoms with Crippen molar-refractivity contribution in [1.29, 1.82) is 0 Å². The third-order valence-corrected chi connectivity index (χ3v) is 6.48. The van der Waals surface area contributed by atoms with E-state index in [1.807, 2.05) is 73.7 Å². The highest BCUT2D eigenvalue weighted by atomic mass is 16.5. The van der Waals surface area contributed by atoms with Gasteiger partial charge in [0.2, 0.25) is 5.91 Å². The number of para-hydroxylation sites is 1. The fraction of sp³-hybridized carbons (Fsp3) is 0.241. The summed E-state index contributed by atoms with van der Waals surface area (Å²) in [5.74, 6) is 0.233. The molecule has 0 radical (unpaired) electrons. The standard InChI is InChI=1S/C29H29N5O4/c1-2-27(35)20-11-13-24(14-12-20)38-19-23-17-34(32-31-23)16-21-7-3-5-9-25(21)29(37)33-15-22-8-4-6-10-26(22)30-28(36)18-33/h3-14,17,27,35H,2,15-16,18-19H2,1H3,(H,30,36). The van der Waals surface area contributed by atoms with Crippen LogP contribution in [-0.2, 0) is 24.5 Å². The van der Waals surface area contributed by atoms with Crippen LogP contribution in [0.4, 0.5) is 5.69 Å². The van der Waals surface area contributed by atoms with Crippen LogP contribution in [0.5, 0.6) is 5.75 Å². The predicted molar refractivity (Wildman–Crippen MR) is 141 cm³/mol. The number of carbonyl (C=O) groups excluding carboxylic acids is 2. The molecule has 0 bridgehead atoms. The van der Waals surface area contributed by atoms with Gasteiger partial charge in [-0.05, 0) is 47.4 Å². The minimum absolute atomic E-state index is 0.0228. The molecule has 194 valence electrons. The number of nitrogens with zero attached hydrogens (tertiary/aromatic N) is 4. The molecule has 0 saturated heterocycles. The zero-order chi connectivity index (χ0) is 26.5. The maximum absolute atomic E-state index is 13.5. The third-order valence-electron chi connectivity index (χ3n) is 6.48. The number of rotatable bonds is 8. The fourth-order valence-electron chi connectivity index (χ4n) is 4.42. The zero-order valence-corrected chi connectivity index (χ0v) is 21.1. The monoisotopic (exact) mass is 511 g/mol. The van der Waals surface area contributed by atoms with E-state index in [2.05, 4.69) is 15.6 Å². The second-order valence-electron chi connectivity index (χ2n) is 9.21. The Labute approximate surface area is 220 Å². The number of aliphatic hydroxyl groups excluding tert-OH is 1. The summed E-state index contributed by atoms with van der Waals surface area (Å²) < 4.78 is 7.48. The van der Waals surface area contributed by atoms with Gasteiger partial charge in [-0.25, -0.2) is 4.68 Å². The van der Waals surface area contributed by atoms with Crippen molar-refractivity contribution < 1.29 is 19.4 Å². The second kappa shape index (κ2) is 11.3. The van der Waals surface area contributed by atoms with Gasteiger partial charge in [-0.15, -0.1) is 5.10 Å². The van der Waals surface area contributed by atoms with Gasteiger partial charge >= 0.3 is 0 Å². The fourth-order valence-corrected chi connectivity index (χ4v) is 4.42. The molecule has 9 heteroatoms. The first-order valence-electron chi connectivity index (χ1n) is 12.5. The van der Waals surface area contributed by atoms with Gasteiger partial charge in [0.05, 0.1) is 18.8 Å². The van der Waals surface area contributed by atoms with E-state index in [1.54, 1.807) is 21.8 Å². The first-order chi connectivity index (χ1) is 18.5. The van der Waals surface area contributed by atoms with E-state index in [4.69, 9.17) is 4.74 Å². The van der Waals surface area contributed by atoms with E-state index in [1.165, 1.54) is 0 Å². The summed E-state index contributed by atoms with van der Waals surface area (Å²) in [6, 6.07) is 22.2. The van der Waals surface area contributed by atoms with Crippen molar-refractivity contribution in [1.82, 2.24) is 19.9 Å². The summed E-state index contributed by atoms with van der Waals surface area (Å²) in [6.07, 6.45) is 1.96. The molecule has 38 heavy (non-hydrogen) atoms. The summed E-state index contributed by atoms with van der Waals surface area (Å²) in [5.41, 5.74) is 4.41. The van der Waals surface area contributed by atoms with E-state index >= 15 is 0 Å². The van der Waals surface area contributed by atoms with Crippen LogP contribution in [0.1, 0.15) is 52.2 Å². The molecular formula is C29H29N5O4. The summed E-state index contributed by atoms with van der Waals surface area (Å²) in [4.78, 5) is 27.5. The summed E-state index contributed by atoms with van der Waals surface area (Å²) in [6.45, 7) is 2.82. The Bertz CT molecular complexity index is 1430. The zero-order valence-electron chi connectivity index (χ0n) is 21.1. The van der Waals surface area contributed by atoms with Crippen LogP contribution >= 0.6 is 0 Å². The number of aromatic nitrogens is 3.